The number of para-hydroxylation sites is 2. The van der Waals surface area contributed by atoms with E-state index in [4.69, 9.17) is 9.47 Å². The van der Waals surface area contributed by atoms with Crippen LogP contribution in [-0.2, 0) is 4.79 Å². The molecule has 1 heterocycles. The molecule has 1 aromatic carbocycles. The summed E-state index contributed by atoms with van der Waals surface area (Å²) >= 11 is 0. The zero-order valence-corrected chi connectivity index (χ0v) is 15.1. The maximum atomic E-state index is 12.0. The summed E-state index contributed by atoms with van der Waals surface area (Å²) in [6.45, 7) is 7.80. The van der Waals surface area contributed by atoms with E-state index in [1.54, 1.807) is 7.11 Å². The maximum absolute atomic E-state index is 12.0. The Morgan fingerprint density at radius 3 is 2.83 bits per heavy atom. The van der Waals surface area contributed by atoms with Gasteiger partial charge in [0.15, 0.2) is 11.5 Å². The molecular formula is C19H30N2O3. The summed E-state index contributed by atoms with van der Waals surface area (Å²) in [7, 11) is 1.61. The standard InChI is InChI=1S/C19H30N2O3/c1-15-7-6-11-21(14-15)16(2)13-20-19(22)10-12-24-18-9-5-4-8-17(18)23-3/h4-5,8-9,15-16H,6-7,10-14H2,1-3H3,(H,20,22). The van der Waals surface area contributed by atoms with E-state index in [0.717, 1.165) is 19.0 Å². The first kappa shape index (κ1) is 18.6. The molecule has 1 aliphatic heterocycles. The normalized spacial score (nSPS) is 19.5. The SMILES string of the molecule is COc1ccccc1OCCC(=O)NCC(C)N1CCCC(C)C1. The molecule has 24 heavy (non-hydrogen) atoms. The van der Waals surface area contributed by atoms with E-state index < -0.39 is 0 Å². The van der Waals surface area contributed by atoms with Gasteiger partial charge < -0.3 is 14.8 Å². The van der Waals surface area contributed by atoms with Crippen molar-refractivity contribution in [3.63, 3.8) is 0 Å². The second-order valence-electron chi connectivity index (χ2n) is 6.64. The van der Waals surface area contributed by atoms with Crippen molar-refractivity contribution in [1.29, 1.82) is 0 Å². The molecule has 0 bridgehead atoms. The molecule has 1 N–H and O–H groups in total. The van der Waals surface area contributed by atoms with Gasteiger partial charge in [0.2, 0.25) is 5.91 Å². The summed E-state index contributed by atoms with van der Waals surface area (Å²) in [5.41, 5.74) is 0. The van der Waals surface area contributed by atoms with Crippen LogP contribution >= 0.6 is 0 Å². The molecule has 1 fully saturated rings. The molecule has 134 valence electrons. The monoisotopic (exact) mass is 334 g/mol. The van der Waals surface area contributed by atoms with Crippen LogP contribution in [0.5, 0.6) is 11.5 Å². The smallest absolute Gasteiger partial charge is 0.223 e. The number of carbonyl (C=O) groups is 1. The molecule has 0 radical (unpaired) electrons. The Bertz CT molecular complexity index is 521. The highest BCUT2D eigenvalue weighted by atomic mass is 16.5. The third-order valence-electron chi connectivity index (χ3n) is 4.56. The Morgan fingerprint density at radius 1 is 1.38 bits per heavy atom. The average molecular weight is 334 g/mol. The van der Waals surface area contributed by atoms with Crippen molar-refractivity contribution in [2.75, 3.05) is 33.4 Å². The molecule has 2 atom stereocenters. The molecule has 0 saturated carbocycles. The van der Waals surface area contributed by atoms with Crippen molar-refractivity contribution in [2.45, 2.75) is 39.2 Å². The van der Waals surface area contributed by atoms with Crippen LogP contribution in [-0.4, -0.2) is 50.2 Å². The highest BCUT2D eigenvalue weighted by Crippen LogP contribution is 2.25. The lowest BCUT2D eigenvalue weighted by Crippen LogP contribution is -2.46. The van der Waals surface area contributed by atoms with E-state index in [0.29, 0.717) is 37.1 Å². The minimum Gasteiger partial charge on any atom is -0.493 e. The molecule has 1 saturated heterocycles. The van der Waals surface area contributed by atoms with Crippen molar-refractivity contribution in [2.24, 2.45) is 5.92 Å². The first-order valence-corrected chi connectivity index (χ1v) is 8.86. The molecule has 2 unspecified atom stereocenters. The van der Waals surface area contributed by atoms with Crippen molar-refractivity contribution in [3.8, 4) is 11.5 Å². The van der Waals surface area contributed by atoms with Crippen molar-refractivity contribution in [3.05, 3.63) is 24.3 Å². The number of piperidine rings is 1. The predicted molar refractivity (Wildman–Crippen MR) is 95.5 cm³/mol. The topological polar surface area (TPSA) is 50.8 Å². The number of hydrogen-bond donors (Lipinski definition) is 1. The van der Waals surface area contributed by atoms with Gasteiger partial charge in [-0.25, -0.2) is 0 Å². The van der Waals surface area contributed by atoms with E-state index in [2.05, 4.69) is 24.1 Å². The molecule has 0 spiro atoms. The average Bonchev–Trinajstić information content (AvgIpc) is 2.60. The summed E-state index contributed by atoms with van der Waals surface area (Å²) in [4.78, 5) is 14.5. The quantitative estimate of drug-likeness (QED) is 0.794. The van der Waals surface area contributed by atoms with Gasteiger partial charge in [-0.1, -0.05) is 19.1 Å². The fourth-order valence-electron chi connectivity index (χ4n) is 3.10. The van der Waals surface area contributed by atoms with Crippen molar-refractivity contribution in [1.82, 2.24) is 10.2 Å². The molecule has 5 nitrogen and oxygen atoms in total. The zero-order valence-electron chi connectivity index (χ0n) is 15.1. The second-order valence-corrected chi connectivity index (χ2v) is 6.64. The Kier molecular flexibility index (Phi) is 7.37. The van der Waals surface area contributed by atoms with Gasteiger partial charge in [-0.2, -0.15) is 0 Å². The van der Waals surface area contributed by atoms with Crippen molar-refractivity contribution >= 4 is 5.91 Å². The Labute approximate surface area is 145 Å². The van der Waals surface area contributed by atoms with Gasteiger partial charge in [-0.3, -0.25) is 9.69 Å². The zero-order chi connectivity index (χ0) is 17.4. The fraction of sp³-hybridized carbons (Fsp3) is 0.632. The van der Waals surface area contributed by atoms with E-state index in [1.807, 2.05) is 24.3 Å². The molecule has 0 aliphatic carbocycles. The number of rotatable bonds is 8. The maximum Gasteiger partial charge on any atom is 0.223 e. The number of nitrogens with zero attached hydrogens (tertiary/aromatic N) is 1. The lowest BCUT2D eigenvalue weighted by molar-refractivity contribution is -0.121. The number of hydrogen-bond acceptors (Lipinski definition) is 4. The molecule has 1 aromatic rings. The van der Waals surface area contributed by atoms with Gasteiger partial charge >= 0.3 is 0 Å². The Morgan fingerprint density at radius 2 is 2.12 bits per heavy atom. The van der Waals surface area contributed by atoms with Gasteiger partial charge in [0.25, 0.3) is 0 Å². The molecule has 5 heteroatoms. The van der Waals surface area contributed by atoms with Gasteiger partial charge in [0.05, 0.1) is 20.1 Å². The number of benzene rings is 1. The highest BCUT2D eigenvalue weighted by molar-refractivity contribution is 5.76. The summed E-state index contributed by atoms with van der Waals surface area (Å²) < 4.78 is 10.9. The Hall–Kier alpha value is -1.75. The molecule has 1 amide bonds. The van der Waals surface area contributed by atoms with E-state index in [1.165, 1.54) is 12.8 Å². The van der Waals surface area contributed by atoms with Crippen LogP contribution in [0.4, 0.5) is 0 Å². The van der Waals surface area contributed by atoms with Gasteiger partial charge in [-0.05, 0) is 44.4 Å². The largest absolute Gasteiger partial charge is 0.493 e. The molecule has 0 aromatic heterocycles. The van der Waals surface area contributed by atoms with E-state index >= 15 is 0 Å². The summed E-state index contributed by atoms with van der Waals surface area (Å²) in [6, 6.07) is 7.85. The molecular weight excluding hydrogens is 304 g/mol. The number of ether oxygens (including phenoxy) is 2. The fourth-order valence-corrected chi connectivity index (χ4v) is 3.10. The minimum absolute atomic E-state index is 0.0294. The summed E-state index contributed by atoms with van der Waals surface area (Å²) in [6.07, 6.45) is 2.92. The van der Waals surface area contributed by atoms with E-state index in [9.17, 15) is 4.79 Å². The second kappa shape index (κ2) is 9.52. The van der Waals surface area contributed by atoms with Crippen LogP contribution in [0, 0.1) is 5.92 Å². The van der Waals surface area contributed by atoms with Crippen LogP contribution < -0.4 is 14.8 Å². The van der Waals surface area contributed by atoms with Gasteiger partial charge in [-0.15, -0.1) is 0 Å². The van der Waals surface area contributed by atoms with Gasteiger partial charge in [0, 0.05) is 19.1 Å². The van der Waals surface area contributed by atoms with Gasteiger partial charge in [0.1, 0.15) is 0 Å². The lowest BCUT2D eigenvalue weighted by atomic mass is 9.99. The number of amides is 1. The van der Waals surface area contributed by atoms with Crippen LogP contribution in [0.25, 0.3) is 0 Å². The highest BCUT2D eigenvalue weighted by Gasteiger charge is 2.21. The first-order chi connectivity index (χ1) is 11.6. The van der Waals surface area contributed by atoms with Crippen LogP contribution in [0.1, 0.15) is 33.1 Å². The lowest BCUT2D eigenvalue weighted by Gasteiger charge is -2.35. The summed E-state index contributed by atoms with van der Waals surface area (Å²) in [5, 5.41) is 3.02. The van der Waals surface area contributed by atoms with Crippen LogP contribution in [0.2, 0.25) is 0 Å². The third-order valence-corrected chi connectivity index (χ3v) is 4.56. The molecule has 1 aliphatic rings. The number of nitrogens with one attached hydrogen (secondary N) is 1. The van der Waals surface area contributed by atoms with E-state index in [-0.39, 0.29) is 5.91 Å². The first-order valence-electron chi connectivity index (χ1n) is 8.86. The van der Waals surface area contributed by atoms with Crippen molar-refractivity contribution < 1.29 is 14.3 Å². The Balaban J connectivity index is 1.66. The predicted octanol–water partition coefficient (Wildman–Crippen LogP) is 2.70. The number of carbonyl (C=O) groups excluding carboxylic acids is 1. The summed E-state index contributed by atoms with van der Waals surface area (Å²) in [5.74, 6) is 2.14. The number of methoxy groups -OCH3 is 1. The minimum atomic E-state index is 0.0294. The van der Waals surface area contributed by atoms with Crippen LogP contribution in [0.3, 0.4) is 0 Å². The molecule has 2 rings (SSSR count). The number of likely N-dealkylation sites (tertiary alicyclic amines) is 1. The van der Waals surface area contributed by atoms with Crippen LogP contribution in [0.15, 0.2) is 24.3 Å². The third kappa shape index (κ3) is 5.71.